The van der Waals surface area contributed by atoms with Gasteiger partial charge in [-0.15, -0.1) is 0 Å². The standard InChI is InChI=1S/C18H20N6O2/c1-21-14-6-4-3-5-13(14)20-16(18(21)26)23-9-11-24(12-10-23)17(25)15-7-8-19-22(15)2/h3-8H,9-12H2,1-2H3. The van der Waals surface area contributed by atoms with Crippen molar-refractivity contribution >= 4 is 22.8 Å². The van der Waals surface area contributed by atoms with Gasteiger partial charge in [0, 0.05) is 46.5 Å². The Bertz CT molecular complexity index is 1030. The molecule has 0 bridgehead atoms. The van der Waals surface area contributed by atoms with E-state index in [0.717, 1.165) is 11.0 Å². The molecule has 26 heavy (non-hydrogen) atoms. The number of amides is 1. The van der Waals surface area contributed by atoms with E-state index in [1.54, 1.807) is 40.5 Å². The lowest BCUT2D eigenvalue weighted by Crippen LogP contribution is -2.50. The summed E-state index contributed by atoms with van der Waals surface area (Å²) in [6, 6.07) is 9.31. The van der Waals surface area contributed by atoms with E-state index in [2.05, 4.69) is 10.1 Å². The van der Waals surface area contributed by atoms with Gasteiger partial charge in [0.15, 0.2) is 5.82 Å². The Labute approximate surface area is 150 Å². The summed E-state index contributed by atoms with van der Waals surface area (Å²) in [5.74, 6) is 0.405. The van der Waals surface area contributed by atoms with Crippen molar-refractivity contribution in [3.63, 3.8) is 0 Å². The first-order chi connectivity index (χ1) is 12.6. The molecule has 0 radical (unpaired) electrons. The average molecular weight is 352 g/mol. The molecule has 3 aromatic rings. The van der Waals surface area contributed by atoms with E-state index < -0.39 is 0 Å². The quantitative estimate of drug-likeness (QED) is 0.676. The second-order valence-electron chi connectivity index (χ2n) is 6.41. The Morgan fingerprint density at radius 1 is 1.04 bits per heavy atom. The number of hydrogen-bond donors (Lipinski definition) is 0. The molecule has 0 N–H and O–H groups in total. The predicted molar refractivity (Wildman–Crippen MR) is 98.3 cm³/mol. The van der Waals surface area contributed by atoms with Crippen molar-refractivity contribution in [1.82, 2.24) is 24.2 Å². The highest BCUT2D eigenvalue weighted by Crippen LogP contribution is 2.16. The first kappa shape index (κ1) is 16.3. The summed E-state index contributed by atoms with van der Waals surface area (Å²) in [5.41, 5.74) is 2.05. The Morgan fingerprint density at radius 2 is 1.77 bits per heavy atom. The van der Waals surface area contributed by atoms with Gasteiger partial charge < -0.3 is 14.4 Å². The van der Waals surface area contributed by atoms with Crippen LogP contribution in [0.25, 0.3) is 11.0 Å². The lowest BCUT2D eigenvalue weighted by atomic mass is 10.2. The maximum absolute atomic E-state index is 12.7. The predicted octanol–water partition coefficient (Wildman–Crippen LogP) is 0.629. The lowest BCUT2D eigenvalue weighted by molar-refractivity contribution is 0.0735. The van der Waals surface area contributed by atoms with E-state index in [1.165, 1.54) is 0 Å². The second-order valence-corrected chi connectivity index (χ2v) is 6.41. The molecule has 2 aromatic heterocycles. The highest BCUT2D eigenvalue weighted by molar-refractivity contribution is 5.92. The van der Waals surface area contributed by atoms with Crippen molar-refractivity contribution in [2.45, 2.75) is 0 Å². The number of anilines is 1. The van der Waals surface area contributed by atoms with Gasteiger partial charge in [-0.1, -0.05) is 12.1 Å². The number of carbonyl (C=O) groups is 1. The second kappa shape index (κ2) is 6.29. The van der Waals surface area contributed by atoms with Crippen LogP contribution in [0.1, 0.15) is 10.5 Å². The van der Waals surface area contributed by atoms with Crippen LogP contribution < -0.4 is 10.5 Å². The molecule has 8 nitrogen and oxygen atoms in total. The Balaban J connectivity index is 1.56. The summed E-state index contributed by atoms with van der Waals surface area (Å²) >= 11 is 0. The molecule has 1 aliphatic rings. The molecule has 0 saturated carbocycles. The van der Waals surface area contributed by atoms with Gasteiger partial charge >= 0.3 is 0 Å². The zero-order chi connectivity index (χ0) is 18.3. The number of piperazine rings is 1. The van der Waals surface area contributed by atoms with Crippen LogP contribution in [-0.4, -0.2) is 56.3 Å². The maximum Gasteiger partial charge on any atom is 0.293 e. The first-order valence-corrected chi connectivity index (χ1v) is 8.54. The third-order valence-corrected chi connectivity index (χ3v) is 4.87. The molecule has 0 aliphatic carbocycles. The van der Waals surface area contributed by atoms with E-state index in [-0.39, 0.29) is 11.5 Å². The minimum absolute atomic E-state index is 0.0379. The van der Waals surface area contributed by atoms with Gasteiger partial charge in [0.25, 0.3) is 11.5 Å². The molecule has 1 aromatic carbocycles. The molecular weight excluding hydrogens is 332 g/mol. The fourth-order valence-electron chi connectivity index (χ4n) is 3.34. The average Bonchev–Trinajstić information content (AvgIpc) is 3.10. The van der Waals surface area contributed by atoms with Crippen molar-refractivity contribution in [3.8, 4) is 0 Å². The molecule has 0 unspecified atom stereocenters. The largest absolute Gasteiger partial charge is 0.348 e. The molecule has 134 valence electrons. The Morgan fingerprint density at radius 3 is 2.46 bits per heavy atom. The van der Waals surface area contributed by atoms with Crippen LogP contribution in [-0.2, 0) is 14.1 Å². The fourth-order valence-corrected chi connectivity index (χ4v) is 3.34. The third kappa shape index (κ3) is 2.63. The van der Waals surface area contributed by atoms with Gasteiger partial charge in [-0.3, -0.25) is 14.3 Å². The molecular formula is C18H20N6O2. The number of nitrogens with zero attached hydrogens (tertiary/aromatic N) is 6. The summed E-state index contributed by atoms with van der Waals surface area (Å²) in [6.45, 7) is 2.23. The Hall–Kier alpha value is -3.16. The van der Waals surface area contributed by atoms with Crippen LogP contribution in [0.3, 0.4) is 0 Å². The number of para-hydroxylation sites is 2. The minimum Gasteiger partial charge on any atom is -0.348 e. The van der Waals surface area contributed by atoms with Gasteiger partial charge in [-0.25, -0.2) is 4.98 Å². The topological polar surface area (TPSA) is 76.3 Å². The monoisotopic (exact) mass is 352 g/mol. The molecule has 8 heteroatoms. The highest BCUT2D eigenvalue weighted by atomic mass is 16.2. The SMILES string of the molecule is Cn1nccc1C(=O)N1CCN(c2nc3ccccc3n(C)c2=O)CC1. The van der Waals surface area contributed by atoms with Crippen molar-refractivity contribution in [3.05, 3.63) is 52.6 Å². The number of fused-ring (bicyclic) bond motifs is 1. The zero-order valence-electron chi connectivity index (χ0n) is 14.8. The van der Waals surface area contributed by atoms with Gasteiger partial charge in [-0.05, 0) is 18.2 Å². The highest BCUT2D eigenvalue weighted by Gasteiger charge is 2.26. The number of aromatic nitrogens is 4. The maximum atomic E-state index is 12.7. The van der Waals surface area contributed by atoms with E-state index in [9.17, 15) is 9.59 Å². The van der Waals surface area contributed by atoms with Gasteiger partial charge in [-0.2, -0.15) is 5.10 Å². The normalized spacial score (nSPS) is 14.8. The van der Waals surface area contributed by atoms with Crippen LogP contribution in [0.5, 0.6) is 0 Å². The van der Waals surface area contributed by atoms with Crippen LogP contribution >= 0.6 is 0 Å². The van der Waals surface area contributed by atoms with E-state index >= 15 is 0 Å². The van der Waals surface area contributed by atoms with Crippen LogP contribution in [0.2, 0.25) is 0 Å². The zero-order valence-corrected chi connectivity index (χ0v) is 14.8. The van der Waals surface area contributed by atoms with E-state index in [4.69, 9.17) is 0 Å². The molecule has 1 amide bonds. The molecule has 1 saturated heterocycles. The van der Waals surface area contributed by atoms with Crippen molar-refractivity contribution in [2.75, 3.05) is 31.1 Å². The van der Waals surface area contributed by atoms with Crippen molar-refractivity contribution in [2.24, 2.45) is 14.1 Å². The minimum atomic E-state index is -0.116. The first-order valence-electron chi connectivity index (χ1n) is 8.54. The van der Waals surface area contributed by atoms with Crippen molar-refractivity contribution in [1.29, 1.82) is 0 Å². The summed E-state index contributed by atoms with van der Waals surface area (Å²) in [5, 5.41) is 4.05. The fraction of sp³-hybridized carbons (Fsp3) is 0.333. The van der Waals surface area contributed by atoms with E-state index in [0.29, 0.717) is 37.7 Å². The van der Waals surface area contributed by atoms with Crippen LogP contribution in [0.4, 0.5) is 5.82 Å². The summed E-state index contributed by atoms with van der Waals surface area (Å²) in [6.07, 6.45) is 1.62. The van der Waals surface area contributed by atoms with Gasteiger partial charge in [0.2, 0.25) is 0 Å². The van der Waals surface area contributed by atoms with Crippen LogP contribution in [0.15, 0.2) is 41.3 Å². The molecule has 4 rings (SSSR count). The summed E-state index contributed by atoms with van der Waals surface area (Å²) in [7, 11) is 3.52. The number of aryl methyl sites for hydroxylation is 2. The van der Waals surface area contributed by atoms with E-state index in [1.807, 2.05) is 29.2 Å². The number of hydrogen-bond acceptors (Lipinski definition) is 5. The smallest absolute Gasteiger partial charge is 0.293 e. The molecule has 1 fully saturated rings. The summed E-state index contributed by atoms with van der Waals surface area (Å²) < 4.78 is 3.21. The summed E-state index contributed by atoms with van der Waals surface area (Å²) in [4.78, 5) is 33.6. The molecule has 3 heterocycles. The van der Waals surface area contributed by atoms with Gasteiger partial charge in [0.1, 0.15) is 5.69 Å². The molecule has 0 spiro atoms. The van der Waals surface area contributed by atoms with Crippen molar-refractivity contribution < 1.29 is 4.79 Å². The lowest BCUT2D eigenvalue weighted by Gasteiger charge is -2.35. The van der Waals surface area contributed by atoms with Gasteiger partial charge in [0.05, 0.1) is 11.0 Å². The number of benzene rings is 1. The molecule has 1 aliphatic heterocycles. The third-order valence-electron chi connectivity index (χ3n) is 4.87. The molecule has 0 atom stereocenters. The number of rotatable bonds is 2. The van der Waals surface area contributed by atoms with Crippen LogP contribution in [0, 0.1) is 0 Å². The Kier molecular flexibility index (Phi) is 3.95. The number of carbonyl (C=O) groups excluding carboxylic acids is 1.